The van der Waals surface area contributed by atoms with Gasteiger partial charge in [-0.15, -0.1) is 10.2 Å². The van der Waals surface area contributed by atoms with Crippen molar-refractivity contribution >= 4 is 40.0 Å². The fraction of sp³-hybridized carbons (Fsp3) is 0.273. The Labute approximate surface area is 182 Å². The summed E-state index contributed by atoms with van der Waals surface area (Å²) in [6, 6.07) is 13.1. The first-order valence-electron chi connectivity index (χ1n) is 10.1. The van der Waals surface area contributed by atoms with Crippen molar-refractivity contribution in [1.82, 2.24) is 19.2 Å². The molecule has 4 rings (SSSR count). The molecule has 7 nitrogen and oxygen atoms in total. The third-order valence-electron chi connectivity index (χ3n) is 4.90. The summed E-state index contributed by atoms with van der Waals surface area (Å²) in [5.74, 6) is -0.164. The zero-order chi connectivity index (χ0) is 21.8. The average Bonchev–Trinajstić information content (AvgIpc) is 3.19. The average molecular weight is 440 g/mol. The van der Waals surface area contributed by atoms with Gasteiger partial charge < -0.3 is 5.32 Å². The Hall–Kier alpha value is -3.20. The van der Waals surface area contributed by atoms with E-state index in [0.29, 0.717) is 34.1 Å². The summed E-state index contributed by atoms with van der Waals surface area (Å²) in [5.41, 5.74) is 1.01. The van der Waals surface area contributed by atoms with Crippen LogP contribution in [0.4, 0.5) is 10.1 Å². The van der Waals surface area contributed by atoms with Gasteiger partial charge in [0, 0.05) is 12.2 Å². The standard InChI is InChI=1S/C22H22FN5O2S/c1-2-3-6-12-27-20(30)17-10-4-5-11-18(17)28-21(27)25-26-22(28)31-14-19(29)24-16-9-7-8-15(23)13-16/h4-5,7-11,13H,2-3,6,12,14H2,1H3,(H,24,29). The molecule has 0 radical (unpaired) electrons. The number of benzene rings is 2. The first-order valence-corrected chi connectivity index (χ1v) is 11.1. The number of para-hydroxylation sites is 1. The van der Waals surface area contributed by atoms with E-state index in [-0.39, 0.29) is 17.2 Å². The van der Waals surface area contributed by atoms with E-state index in [4.69, 9.17) is 0 Å². The SMILES string of the molecule is CCCCCn1c(=O)c2ccccc2n2c(SCC(=O)Nc3cccc(F)c3)nnc12. The highest BCUT2D eigenvalue weighted by molar-refractivity contribution is 7.99. The number of aryl methyl sites for hydroxylation is 1. The van der Waals surface area contributed by atoms with Crippen molar-refractivity contribution < 1.29 is 9.18 Å². The molecule has 0 aliphatic carbocycles. The fourth-order valence-corrected chi connectivity index (χ4v) is 4.18. The minimum atomic E-state index is -0.415. The first-order chi connectivity index (χ1) is 15.1. The maximum absolute atomic E-state index is 13.3. The Kier molecular flexibility index (Phi) is 6.31. The summed E-state index contributed by atoms with van der Waals surface area (Å²) in [4.78, 5) is 25.4. The van der Waals surface area contributed by atoms with Gasteiger partial charge in [-0.3, -0.25) is 18.6 Å². The van der Waals surface area contributed by atoms with Crippen LogP contribution in [0.5, 0.6) is 0 Å². The van der Waals surface area contributed by atoms with Crippen LogP contribution in [-0.4, -0.2) is 30.8 Å². The van der Waals surface area contributed by atoms with Crippen molar-refractivity contribution in [3.8, 4) is 0 Å². The van der Waals surface area contributed by atoms with E-state index >= 15 is 0 Å². The molecule has 4 aromatic rings. The first kappa shape index (κ1) is 21.0. The number of aromatic nitrogens is 4. The molecule has 31 heavy (non-hydrogen) atoms. The second kappa shape index (κ2) is 9.30. The number of fused-ring (bicyclic) bond motifs is 3. The van der Waals surface area contributed by atoms with Gasteiger partial charge in [-0.2, -0.15) is 0 Å². The van der Waals surface area contributed by atoms with Crippen molar-refractivity contribution in [2.45, 2.75) is 37.9 Å². The van der Waals surface area contributed by atoms with Gasteiger partial charge in [0.2, 0.25) is 11.7 Å². The summed E-state index contributed by atoms with van der Waals surface area (Å²) in [6.07, 6.45) is 2.93. The van der Waals surface area contributed by atoms with Gasteiger partial charge in [0.25, 0.3) is 5.56 Å². The number of carbonyl (C=O) groups is 1. The number of hydrogen-bond acceptors (Lipinski definition) is 5. The Morgan fingerprint density at radius 2 is 1.97 bits per heavy atom. The van der Waals surface area contributed by atoms with E-state index in [1.165, 1.54) is 30.0 Å². The quantitative estimate of drug-likeness (QED) is 0.330. The number of nitrogens with zero attached hydrogens (tertiary/aromatic N) is 4. The van der Waals surface area contributed by atoms with Crippen LogP contribution < -0.4 is 10.9 Å². The molecule has 2 heterocycles. The largest absolute Gasteiger partial charge is 0.325 e. The molecule has 0 unspecified atom stereocenters. The van der Waals surface area contributed by atoms with Crippen molar-refractivity contribution in [3.63, 3.8) is 0 Å². The highest BCUT2D eigenvalue weighted by atomic mass is 32.2. The zero-order valence-corrected chi connectivity index (χ0v) is 17.9. The van der Waals surface area contributed by atoms with Gasteiger partial charge in [0.1, 0.15) is 5.82 Å². The molecule has 1 amide bonds. The predicted octanol–water partition coefficient (Wildman–Crippen LogP) is 4.10. The third-order valence-corrected chi connectivity index (χ3v) is 5.83. The summed E-state index contributed by atoms with van der Waals surface area (Å²) in [6.45, 7) is 2.67. The topological polar surface area (TPSA) is 81.3 Å². The molecule has 2 aromatic carbocycles. The van der Waals surface area contributed by atoms with Crippen molar-refractivity contribution in [2.24, 2.45) is 0 Å². The number of anilines is 1. The van der Waals surface area contributed by atoms with Crippen LogP contribution in [0.25, 0.3) is 16.7 Å². The number of hydrogen-bond donors (Lipinski definition) is 1. The van der Waals surface area contributed by atoms with Crippen LogP contribution in [0.2, 0.25) is 0 Å². The monoisotopic (exact) mass is 439 g/mol. The van der Waals surface area contributed by atoms with Crippen molar-refractivity contribution in [1.29, 1.82) is 0 Å². The number of rotatable bonds is 8. The molecule has 1 N–H and O–H groups in total. The number of nitrogens with one attached hydrogen (secondary N) is 1. The number of unbranched alkanes of at least 4 members (excludes halogenated alkanes) is 2. The van der Waals surface area contributed by atoms with Gasteiger partial charge in [-0.05, 0) is 36.8 Å². The smallest absolute Gasteiger partial charge is 0.262 e. The van der Waals surface area contributed by atoms with Crippen LogP contribution in [0.1, 0.15) is 26.2 Å². The van der Waals surface area contributed by atoms with Crippen LogP contribution in [-0.2, 0) is 11.3 Å². The summed E-state index contributed by atoms with van der Waals surface area (Å²) < 4.78 is 16.8. The molecule has 0 bridgehead atoms. The number of amides is 1. The van der Waals surface area contributed by atoms with Gasteiger partial charge in [-0.1, -0.05) is 49.7 Å². The lowest BCUT2D eigenvalue weighted by Gasteiger charge is -2.11. The molecule has 0 fully saturated rings. The van der Waals surface area contributed by atoms with Crippen molar-refractivity contribution in [3.05, 3.63) is 64.7 Å². The molecule has 0 spiro atoms. The number of thioether (sulfide) groups is 1. The van der Waals surface area contributed by atoms with E-state index in [1.54, 1.807) is 16.7 Å². The van der Waals surface area contributed by atoms with Crippen molar-refractivity contribution in [2.75, 3.05) is 11.1 Å². The molecule has 2 aromatic heterocycles. The second-order valence-corrected chi connectivity index (χ2v) is 8.09. The molecule has 0 aliphatic rings. The van der Waals surface area contributed by atoms with E-state index in [1.807, 2.05) is 22.6 Å². The van der Waals surface area contributed by atoms with Crippen LogP contribution in [0, 0.1) is 5.82 Å². The van der Waals surface area contributed by atoms with E-state index in [0.717, 1.165) is 19.3 Å². The molecular weight excluding hydrogens is 417 g/mol. The number of carbonyl (C=O) groups excluding carboxylic acids is 1. The Morgan fingerprint density at radius 3 is 2.77 bits per heavy atom. The fourth-order valence-electron chi connectivity index (χ4n) is 3.44. The van der Waals surface area contributed by atoms with E-state index in [2.05, 4.69) is 22.4 Å². The normalized spacial score (nSPS) is 11.3. The highest BCUT2D eigenvalue weighted by Gasteiger charge is 2.17. The maximum Gasteiger partial charge on any atom is 0.262 e. The molecule has 0 saturated heterocycles. The van der Waals surface area contributed by atoms with Gasteiger partial charge in [-0.25, -0.2) is 4.39 Å². The van der Waals surface area contributed by atoms with Crippen LogP contribution in [0.3, 0.4) is 0 Å². The van der Waals surface area contributed by atoms with Crippen LogP contribution >= 0.6 is 11.8 Å². The third kappa shape index (κ3) is 4.46. The highest BCUT2D eigenvalue weighted by Crippen LogP contribution is 2.22. The molecular formula is C22H22FN5O2S. The summed E-state index contributed by atoms with van der Waals surface area (Å²) >= 11 is 1.21. The lowest BCUT2D eigenvalue weighted by Crippen LogP contribution is -2.23. The minimum Gasteiger partial charge on any atom is -0.325 e. The number of halogens is 1. The Balaban J connectivity index is 1.64. The molecule has 0 aliphatic heterocycles. The predicted molar refractivity (Wildman–Crippen MR) is 120 cm³/mol. The lowest BCUT2D eigenvalue weighted by atomic mass is 10.2. The van der Waals surface area contributed by atoms with E-state index in [9.17, 15) is 14.0 Å². The van der Waals surface area contributed by atoms with Gasteiger partial charge >= 0.3 is 0 Å². The molecule has 9 heteroatoms. The lowest BCUT2D eigenvalue weighted by molar-refractivity contribution is -0.113. The zero-order valence-electron chi connectivity index (χ0n) is 17.0. The maximum atomic E-state index is 13.3. The molecule has 0 atom stereocenters. The molecule has 0 saturated carbocycles. The van der Waals surface area contributed by atoms with Crippen LogP contribution in [0.15, 0.2) is 58.5 Å². The Morgan fingerprint density at radius 1 is 1.13 bits per heavy atom. The Bertz CT molecular complexity index is 1300. The summed E-state index contributed by atoms with van der Waals surface area (Å²) in [5, 5.41) is 12.3. The second-order valence-electron chi connectivity index (χ2n) is 7.15. The minimum absolute atomic E-state index is 0.0700. The molecule has 160 valence electrons. The van der Waals surface area contributed by atoms with Gasteiger partial charge in [0.15, 0.2) is 5.16 Å². The van der Waals surface area contributed by atoms with E-state index < -0.39 is 5.82 Å². The summed E-state index contributed by atoms with van der Waals surface area (Å²) in [7, 11) is 0. The van der Waals surface area contributed by atoms with Gasteiger partial charge in [0.05, 0.1) is 16.7 Å².